The van der Waals surface area contributed by atoms with Gasteiger partial charge in [-0.1, -0.05) is 40.0 Å². The quantitative estimate of drug-likeness (QED) is 0.492. The first-order valence-electron chi connectivity index (χ1n) is 12.5. The van der Waals surface area contributed by atoms with Gasteiger partial charge in [-0.3, -0.25) is 4.79 Å². The van der Waals surface area contributed by atoms with Crippen LogP contribution in [0, 0.1) is 0 Å². The molecule has 3 heterocycles. The number of amides is 1. The van der Waals surface area contributed by atoms with Gasteiger partial charge < -0.3 is 9.80 Å². The number of rotatable bonds is 8. The van der Waals surface area contributed by atoms with Crippen molar-refractivity contribution in [3.8, 4) is 0 Å². The number of fused-ring (bicyclic) bond motifs is 3. The number of nitrogens with zero attached hydrogens (tertiary/aromatic N) is 4. The molecule has 5 nitrogen and oxygen atoms in total. The summed E-state index contributed by atoms with van der Waals surface area (Å²) in [5, 5.41) is 1.31. The first-order chi connectivity index (χ1) is 15.1. The third-order valence-electron chi connectivity index (χ3n) is 7.04. The van der Waals surface area contributed by atoms with Crippen LogP contribution in [0.3, 0.4) is 0 Å². The van der Waals surface area contributed by atoms with Crippen LogP contribution in [0.5, 0.6) is 0 Å². The SMILES string of the molecule is CCCCCCC(=O)N1CCN(c2nc([C@@H](C)CC)nc3sc4c(c23)CCCC4)CC1. The van der Waals surface area contributed by atoms with Crippen molar-refractivity contribution in [2.75, 3.05) is 31.1 Å². The van der Waals surface area contributed by atoms with Gasteiger partial charge in [-0.2, -0.15) is 0 Å². The second kappa shape index (κ2) is 10.3. The number of anilines is 1. The molecule has 2 aromatic rings. The molecule has 0 unspecified atom stereocenters. The van der Waals surface area contributed by atoms with Gasteiger partial charge in [-0.15, -0.1) is 11.3 Å². The van der Waals surface area contributed by atoms with Crippen molar-refractivity contribution in [3.63, 3.8) is 0 Å². The Hall–Kier alpha value is -1.69. The van der Waals surface area contributed by atoms with Gasteiger partial charge in [0.25, 0.3) is 0 Å². The Morgan fingerprint density at radius 1 is 1.03 bits per heavy atom. The Labute approximate surface area is 191 Å². The van der Waals surface area contributed by atoms with Crippen molar-refractivity contribution in [2.24, 2.45) is 0 Å². The van der Waals surface area contributed by atoms with E-state index in [4.69, 9.17) is 9.97 Å². The highest BCUT2D eigenvalue weighted by Gasteiger charge is 2.27. The van der Waals surface area contributed by atoms with Crippen molar-refractivity contribution in [2.45, 2.75) is 90.9 Å². The van der Waals surface area contributed by atoms with Crippen LogP contribution in [0.1, 0.15) is 94.3 Å². The zero-order valence-electron chi connectivity index (χ0n) is 19.6. The third-order valence-corrected chi connectivity index (χ3v) is 8.23. The number of aromatic nitrogens is 2. The molecule has 6 heteroatoms. The number of thiophene rings is 1. The van der Waals surface area contributed by atoms with Crippen molar-refractivity contribution in [1.29, 1.82) is 0 Å². The van der Waals surface area contributed by atoms with Gasteiger partial charge in [0.1, 0.15) is 16.5 Å². The van der Waals surface area contributed by atoms with Crippen molar-refractivity contribution >= 4 is 33.3 Å². The fourth-order valence-corrected chi connectivity index (χ4v) is 6.08. The molecule has 0 saturated carbocycles. The Balaban J connectivity index is 1.53. The van der Waals surface area contributed by atoms with E-state index in [1.807, 2.05) is 11.3 Å². The van der Waals surface area contributed by atoms with Crippen molar-refractivity contribution in [1.82, 2.24) is 14.9 Å². The van der Waals surface area contributed by atoms with Crippen LogP contribution in [0.2, 0.25) is 0 Å². The average Bonchev–Trinajstić information content (AvgIpc) is 3.19. The fraction of sp³-hybridized carbons (Fsp3) is 0.720. The van der Waals surface area contributed by atoms with Crippen LogP contribution >= 0.6 is 11.3 Å². The molecular weight excluding hydrogens is 404 g/mol. The highest BCUT2D eigenvalue weighted by atomic mass is 32.1. The van der Waals surface area contributed by atoms with Gasteiger partial charge in [0, 0.05) is 43.4 Å². The summed E-state index contributed by atoms with van der Waals surface area (Å²) in [5.74, 6) is 2.82. The van der Waals surface area contributed by atoms with Crippen molar-refractivity contribution < 1.29 is 4.79 Å². The van der Waals surface area contributed by atoms with E-state index in [9.17, 15) is 4.79 Å². The Kier molecular flexibility index (Phi) is 7.47. The molecule has 0 N–H and O–H groups in total. The van der Waals surface area contributed by atoms with Gasteiger partial charge in [-0.25, -0.2) is 9.97 Å². The number of piperazine rings is 1. The summed E-state index contributed by atoms with van der Waals surface area (Å²) < 4.78 is 0. The predicted molar refractivity (Wildman–Crippen MR) is 130 cm³/mol. The molecule has 0 aromatic carbocycles. The normalized spacial score (nSPS) is 17.8. The van der Waals surface area contributed by atoms with Gasteiger partial charge in [0.05, 0.1) is 5.39 Å². The minimum absolute atomic E-state index is 0.330. The number of unbranched alkanes of at least 4 members (excludes halogenated alkanes) is 3. The minimum atomic E-state index is 0.330. The number of aryl methyl sites for hydroxylation is 2. The minimum Gasteiger partial charge on any atom is -0.352 e. The van der Waals surface area contributed by atoms with Crippen LogP contribution in [-0.2, 0) is 17.6 Å². The lowest BCUT2D eigenvalue weighted by atomic mass is 9.96. The van der Waals surface area contributed by atoms with Crippen LogP contribution in [0.4, 0.5) is 5.82 Å². The first kappa shape index (κ1) is 22.5. The van der Waals surface area contributed by atoms with E-state index in [2.05, 4.69) is 30.6 Å². The summed E-state index contributed by atoms with van der Waals surface area (Å²) in [7, 11) is 0. The summed E-state index contributed by atoms with van der Waals surface area (Å²) >= 11 is 1.90. The molecule has 1 amide bonds. The molecule has 2 aliphatic rings. The van der Waals surface area contributed by atoms with Gasteiger partial charge >= 0.3 is 0 Å². The molecular formula is C25H38N4OS. The Morgan fingerprint density at radius 2 is 1.81 bits per heavy atom. The molecule has 2 aromatic heterocycles. The number of carbonyl (C=O) groups is 1. The van der Waals surface area contributed by atoms with Gasteiger partial charge in [-0.05, 0) is 44.1 Å². The number of hydrogen-bond acceptors (Lipinski definition) is 5. The molecule has 1 saturated heterocycles. The second-order valence-electron chi connectivity index (χ2n) is 9.28. The van der Waals surface area contributed by atoms with Crippen LogP contribution < -0.4 is 4.90 Å². The van der Waals surface area contributed by atoms with E-state index in [0.717, 1.165) is 57.1 Å². The van der Waals surface area contributed by atoms with Crippen LogP contribution in [0.25, 0.3) is 10.2 Å². The summed E-state index contributed by atoms with van der Waals surface area (Å²) in [4.78, 5) is 30.0. The zero-order chi connectivity index (χ0) is 21.8. The van der Waals surface area contributed by atoms with Crippen molar-refractivity contribution in [3.05, 3.63) is 16.3 Å². The molecule has 1 aliphatic carbocycles. The Morgan fingerprint density at radius 3 is 2.55 bits per heavy atom. The highest BCUT2D eigenvalue weighted by molar-refractivity contribution is 7.19. The molecule has 0 bridgehead atoms. The van der Waals surface area contributed by atoms with E-state index in [-0.39, 0.29) is 0 Å². The summed E-state index contributed by atoms with van der Waals surface area (Å²) in [6.07, 6.45) is 11.3. The lowest BCUT2D eigenvalue weighted by molar-refractivity contribution is -0.131. The number of carbonyl (C=O) groups excluding carboxylic acids is 1. The maximum absolute atomic E-state index is 12.6. The van der Waals surface area contributed by atoms with E-state index in [1.165, 1.54) is 59.2 Å². The van der Waals surface area contributed by atoms with Gasteiger partial charge in [0.15, 0.2) is 0 Å². The van der Waals surface area contributed by atoms with Gasteiger partial charge in [0.2, 0.25) is 5.91 Å². The standard InChI is InChI=1S/C25H38N4OS/c1-4-6-7-8-13-21(30)28-14-16-29(17-15-28)24-22-19-11-9-10-12-20(19)31-25(22)27-23(26-24)18(3)5-2/h18H,4-17H2,1-3H3/t18-/m0/s1. The molecule has 170 valence electrons. The molecule has 1 atom stereocenters. The summed E-state index contributed by atoms with van der Waals surface area (Å²) in [6.45, 7) is 10.0. The maximum Gasteiger partial charge on any atom is 0.222 e. The zero-order valence-corrected chi connectivity index (χ0v) is 20.4. The molecule has 4 rings (SSSR count). The highest BCUT2D eigenvalue weighted by Crippen LogP contribution is 2.40. The lowest BCUT2D eigenvalue weighted by Crippen LogP contribution is -2.49. The first-order valence-corrected chi connectivity index (χ1v) is 13.3. The second-order valence-corrected chi connectivity index (χ2v) is 10.4. The van der Waals surface area contributed by atoms with E-state index < -0.39 is 0 Å². The summed E-state index contributed by atoms with van der Waals surface area (Å²) in [6, 6.07) is 0. The molecule has 1 fully saturated rings. The summed E-state index contributed by atoms with van der Waals surface area (Å²) in [5.41, 5.74) is 1.51. The topological polar surface area (TPSA) is 49.3 Å². The largest absolute Gasteiger partial charge is 0.352 e. The Bertz CT molecular complexity index is 901. The monoisotopic (exact) mass is 442 g/mol. The maximum atomic E-state index is 12.6. The molecule has 31 heavy (non-hydrogen) atoms. The molecule has 0 radical (unpaired) electrons. The smallest absolute Gasteiger partial charge is 0.222 e. The molecule has 1 aliphatic heterocycles. The fourth-order valence-electron chi connectivity index (χ4n) is 4.81. The lowest BCUT2D eigenvalue weighted by Gasteiger charge is -2.36. The third kappa shape index (κ3) is 4.89. The van der Waals surface area contributed by atoms with E-state index in [1.54, 1.807) is 0 Å². The molecule has 0 spiro atoms. The predicted octanol–water partition coefficient (Wildman–Crippen LogP) is 5.70. The van der Waals surface area contributed by atoms with E-state index >= 15 is 0 Å². The average molecular weight is 443 g/mol. The van der Waals surface area contributed by atoms with E-state index in [0.29, 0.717) is 18.2 Å². The van der Waals surface area contributed by atoms with Crippen LogP contribution in [-0.4, -0.2) is 47.0 Å². The van der Waals surface area contributed by atoms with Crippen LogP contribution in [0.15, 0.2) is 0 Å². The number of hydrogen-bond donors (Lipinski definition) is 0.